The van der Waals surface area contributed by atoms with Crippen LogP contribution < -0.4 is 10.7 Å². The Bertz CT molecular complexity index is 1150. The number of benzene rings is 1. The number of carbonyl (C=O) groups is 1. The van der Waals surface area contributed by atoms with Gasteiger partial charge in [0.25, 0.3) is 11.3 Å². The molecule has 0 saturated heterocycles. The summed E-state index contributed by atoms with van der Waals surface area (Å²) < 4.78 is 16.1. The molecule has 150 valence electrons. The minimum atomic E-state index is -0.816. The quantitative estimate of drug-likeness (QED) is 0.706. The van der Waals surface area contributed by atoms with E-state index >= 15 is 0 Å². The number of hydrogen-bond acceptors (Lipinski definition) is 5. The van der Waals surface area contributed by atoms with Crippen LogP contribution in [-0.2, 0) is 12.0 Å². The first kappa shape index (κ1) is 19.0. The Morgan fingerprint density at radius 1 is 1.34 bits per heavy atom. The van der Waals surface area contributed by atoms with Gasteiger partial charge in [0, 0.05) is 24.0 Å². The minimum Gasteiger partial charge on any atom is -0.503 e. The molecule has 1 aliphatic carbocycles. The van der Waals surface area contributed by atoms with Crippen LogP contribution in [0, 0.1) is 5.82 Å². The highest BCUT2D eigenvalue weighted by Crippen LogP contribution is 2.43. The molecule has 1 amide bonds. The predicted octanol–water partition coefficient (Wildman–Crippen LogP) is 2.51. The summed E-state index contributed by atoms with van der Waals surface area (Å²) in [6.07, 6.45) is 6.35. The number of aromatic nitrogens is 3. The van der Waals surface area contributed by atoms with Gasteiger partial charge in [-0.05, 0) is 36.6 Å². The average Bonchev–Trinajstić information content (AvgIpc) is 3.19. The Balaban J connectivity index is 1.81. The topological polar surface area (TPSA) is 97.1 Å². The Morgan fingerprint density at radius 3 is 2.83 bits per heavy atom. The number of fused-ring (bicyclic) bond motifs is 1. The molecule has 0 unspecified atom stereocenters. The van der Waals surface area contributed by atoms with Crippen LogP contribution in [-0.4, -0.2) is 32.8 Å². The molecule has 1 saturated carbocycles. The van der Waals surface area contributed by atoms with Crippen LogP contribution in [0.2, 0.25) is 0 Å². The van der Waals surface area contributed by atoms with E-state index in [-0.39, 0.29) is 11.5 Å². The zero-order valence-electron chi connectivity index (χ0n) is 16.0. The largest absolute Gasteiger partial charge is 0.503 e. The molecule has 2 aromatic heterocycles. The SMILES string of the molecule is CNC(=O)c1nn(CC2(c3cc(F)c4ncccc4c3)CCCC2)cc(O)c1=O. The first-order chi connectivity index (χ1) is 13.9. The van der Waals surface area contributed by atoms with Gasteiger partial charge < -0.3 is 10.4 Å². The molecule has 2 heterocycles. The van der Waals surface area contributed by atoms with Crippen molar-refractivity contribution in [3.63, 3.8) is 0 Å². The fraction of sp³-hybridized carbons (Fsp3) is 0.333. The molecule has 0 radical (unpaired) electrons. The summed E-state index contributed by atoms with van der Waals surface area (Å²) in [6.45, 7) is 0.316. The van der Waals surface area contributed by atoms with Crippen LogP contribution in [0.15, 0.2) is 41.5 Å². The summed E-state index contributed by atoms with van der Waals surface area (Å²) in [6, 6.07) is 7.05. The second-order valence-corrected chi connectivity index (χ2v) is 7.49. The second kappa shape index (κ2) is 7.27. The highest BCUT2D eigenvalue weighted by molar-refractivity contribution is 5.92. The molecule has 1 fully saturated rings. The molecule has 0 spiro atoms. The Labute approximate surface area is 166 Å². The van der Waals surface area contributed by atoms with E-state index in [0.29, 0.717) is 12.1 Å². The van der Waals surface area contributed by atoms with Gasteiger partial charge in [0.05, 0.1) is 12.7 Å². The molecule has 1 aromatic carbocycles. The molecule has 4 rings (SSSR count). The number of rotatable bonds is 4. The third-order valence-electron chi connectivity index (χ3n) is 5.69. The fourth-order valence-corrected chi connectivity index (χ4v) is 4.23. The molecule has 0 aliphatic heterocycles. The number of halogens is 1. The normalized spacial score (nSPS) is 15.5. The third kappa shape index (κ3) is 3.35. The number of carbonyl (C=O) groups excluding carboxylic acids is 1. The van der Waals surface area contributed by atoms with E-state index in [2.05, 4.69) is 15.4 Å². The Kier molecular flexibility index (Phi) is 4.77. The first-order valence-electron chi connectivity index (χ1n) is 9.51. The molecule has 0 atom stereocenters. The maximum absolute atomic E-state index is 14.7. The summed E-state index contributed by atoms with van der Waals surface area (Å²) in [5.41, 5.74) is -0.447. The van der Waals surface area contributed by atoms with Crippen LogP contribution >= 0.6 is 0 Å². The molecule has 0 bridgehead atoms. The van der Waals surface area contributed by atoms with Gasteiger partial charge in [0.2, 0.25) is 0 Å². The van der Waals surface area contributed by atoms with Crippen LogP contribution in [0.25, 0.3) is 10.9 Å². The summed E-state index contributed by atoms with van der Waals surface area (Å²) in [7, 11) is 1.39. The van der Waals surface area contributed by atoms with Crippen LogP contribution in [0.4, 0.5) is 4.39 Å². The van der Waals surface area contributed by atoms with Crippen molar-refractivity contribution in [2.45, 2.75) is 37.6 Å². The number of pyridine rings is 1. The fourth-order valence-electron chi connectivity index (χ4n) is 4.23. The van der Waals surface area contributed by atoms with Crippen molar-refractivity contribution in [3.8, 4) is 5.75 Å². The van der Waals surface area contributed by atoms with E-state index in [4.69, 9.17) is 0 Å². The van der Waals surface area contributed by atoms with Gasteiger partial charge in [0.1, 0.15) is 11.3 Å². The van der Waals surface area contributed by atoms with E-state index in [0.717, 1.165) is 36.6 Å². The Hall–Kier alpha value is -3.29. The molecule has 8 heteroatoms. The number of hydrogen-bond donors (Lipinski definition) is 2. The van der Waals surface area contributed by atoms with Crippen molar-refractivity contribution < 1.29 is 14.3 Å². The molecule has 29 heavy (non-hydrogen) atoms. The van der Waals surface area contributed by atoms with Gasteiger partial charge in [0.15, 0.2) is 11.4 Å². The van der Waals surface area contributed by atoms with Gasteiger partial charge in [-0.2, -0.15) is 5.10 Å². The number of nitrogens with zero attached hydrogens (tertiary/aromatic N) is 3. The lowest BCUT2D eigenvalue weighted by Gasteiger charge is -2.30. The minimum absolute atomic E-state index is 0.316. The summed E-state index contributed by atoms with van der Waals surface area (Å²) >= 11 is 0. The standard InChI is InChI=1S/C21H21FN4O3/c1-23-20(29)18-19(28)16(27)11-26(25-18)12-21(6-2-3-7-21)14-9-13-5-4-8-24-17(13)15(22)10-14/h4-5,8-11,27H,2-3,6-7,12H2,1H3,(H,23,29). The lowest BCUT2D eigenvalue weighted by molar-refractivity contribution is 0.0953. The van der Waals surface area contributed by atoms with Crippen molar-refractivity contribution in [1.29, 1.82) is 0 Å². The predicted molar refractivity (Wildman–Crippen MR) is 105 cm³/mol. The van der Waals surface area contributed by atoms with Gasteiger partial charge in [-0.15, -0.1) is 0 Å². The van der Waals surface area contributed by atoms with E-state index in [9.17, 15) is 19.1 Å². The van der Waals surface area contributed by atoms with E-state index in [1.54, 1.807) is 12.3 Å². The first-order valence-corrected chi connectivity index (χ1v) is 9.51. The van der Waals surface area contributed by atoms with Crippen LogP contribution in [0.3, 0.4) is 0 Å². The highest BCUT2D eigenvalue weighted by Gasteiger charge is 2.37. The van der Waals surface area contributed by atoms with Gasteiger partial charge in [-0.25, -0.2) is 4.39 Å². The lowest BCUT2D eigenvalue weighted by atomic mass is 9.78. The zero-order chi connectivity index (χ0) is 20.6. The Morgan fingerprint density at radius 2 is 2.10 bits per heavy atom. The van der Waals surface area contributed by atoms with Gasteiger partial charge in [-0.1, -0.05) is 18.9 Å². The molecule has 7 nitrogen and oxygen atoms in total. The maximum atomic E-state index is 14.7. The van der Waals surface area contributed by atoms with Gasteiger partial charge >= 0.3 is 0 Å². The molecule has 2 N–H and O–H groups in total. The summed E-state index contributed by atoms with van der Waals surface area (Å²) in [5.74, 6) is -1.59. The average molecular weight is 396 g/mol. The van der Waals surface area contributed by atoms with E-state index in [1.165, 1.54) is 24.0 Å². The highest BCUT2D eigenvalue weighted by atomic mass is 19.1. The zero-order valence-corrected chi connectivity index (χ0v) is 16.0. The monoisotopic (exact) mass is 396 g/mol. The summed E-state index contributed by atoms with van der Waals surface area (Å²) in [4.78, 5) is 28.1. The van der Waals surface area contributed by atoms with Crippen molar-refractivity contribution in [2.24, 2.45) is 0 Å². The number of nitrogens with one attached hydrogen (secondary N) is 1. The number of amides is 1. The smallest absolute Gasteiger partial charge is 0.275 e. The lowest BCUT2D eigenvalue weighted by Crippen LogP contribution is -2.33. The summed E-state index contributed by atoms with van der Waals surface area (Å²) in [5, 5.41) is 17.2. The van der Waals surface area contributed by atoms with Crippen molar-refractivity contribution in [3.05, 3.63) is 64.0 Å². The third-order valence-corrected chi connectivity index (χ3v) is 5.69. The second-order valence-electron chi connectivity index (χ2n) is 7.49. The maximum Gasteiger partial charge on any atom is 0.275 e. The van der Waals surface area contributed by atoms with Crippen molar-refractivity contribution in [1.82, 2.24) is 20.1 Å². The number of aromatic hydroxyl groups is 1. The van der Waals surface area contributed by atoms with E-state index < -0.39 is 22.5 Å². The van der Waals surface area contributed by atoms with Crippen LogP contribution in [0.1, 0.15) is 41.7 Å². The molecular formula is C21H21FN4O3. The molecule has 3 aromatic rings. The van der Waals surface area contributed by atoms with Crippen LogP contribution in [0.5, 0.6) is 5.75 Å². The molecule has 1 aliphatic rings. The van der Waals surface area contributed by atoms with Gasteiger partial charge in [-0.3, -0.25) is 19.3 Å². The van der Waals surface area contributed by atoms with Crippen molar-refractivity contribution >= 4 is 16.8 Å². The van der Waals surface area contributed by atoms with E-state index in [1.807, 2.05) is 12.1 Å². The molecular weight excluding hydrogens is 375 g/mol. The van der Waals surface area contributed by atoms with Crippen molar-refractivity contribution in [2.75, 3.05) is 7.05 Å².